The van der Waals surface area contributed by atoms with Crippen LogP contribution in [0.4, 0.5) is 60.2 Å². The first-order chi connectivity index (χ1) is 32.5. The number of anilines is 2. The van der Waals surface area contributed by atoms with Crippen molar-refractivity contribution < 1.29 is 58.2 Å². The Bertz CT molecular complexity index is 2860. The number of nitrogen functional groups attached to an aromatic ring is 1. The first-order valence-electron chi connectivity index (χ1n) is 22.2. The third-order valence-corrected chi connectivity index (χ3v) is 14.8. The van der Waals surface area contributed by atoms with E-state index in [9.17, 15) is 39.9 Å². The number of ether oxygens (including phenoxy) is 2. The molecule has 1 spiro atoms. The molecule has 4 aromatic heterocycles. The van der Waals surface area contributed by atoms with Gasteiger partial charge >= 0.3 is 30.5 Å². The van der Waals surface area contributed by atoms with Crippen molar-refractivity contribution >= 4 is 28.4 Å². The SMILES string of the molecule is Cc1c(F)c(N)cc(-c2ncc3c(N4C[C@]5(CC[C@@H]4C)CN(C(=O)n4cnc(F)n4)[C@@H]5C4(C)CC4)nc(OC[C@@]45CC[C@@H](COc6ccnc(C(F)(F)F)n6)N4C[C@H](F)C5)nc3c2F)c1C(F)(F)F. The Morgan fingerprint density at radius 1 is 0.942 bits per heavy atom. The smallest absolute Gasteiger partial charge is 0.451 e. The molecular formula is C44H44F10N12O3. The second kappa shape index (κ2) is 16.2. The van der Waals surface area contributed by atoms with Crippen molar-refractivity contribution in [2.75, 3.05) is 43.5 Å². The number of rotatable bonds is 9. The minimum Gasteiger partial charge on any atom is -0.476 e. The lowest BCUT2D eigenvalue weighted by atomic mass is 9.60. The number of hydrogen-bond acceptors (Lipinski definition) is 13. The summed E-state index contributed by atoms with van der Waals surface area (Å²) in [5.41, 5.74) is -1.26. The molecule has 10 rings (SSSR count). The largest absolute Gasteiger partial charge is 0.476 e. The van der Waals surface area contributed by atoms with Gasteiger partial charge in [0.25, 0.3) is 0 Å². The molecule has 0 unspecified atom stereocenters. The highest BCUT2D eigenvalue weighted by Crippen LogP contribution is 2.62. The first kappa shape index (κ1) is 46.6. The lowest BCUT2D eigenvalue weighted by Crippen LogP contribution is -2.74. The Kier molecular flexibility index (Phi) is 10.9. The molecule has 5 aliphatic rings. The number of alkyl halides is 7. The van der Waals surface area contributed by atoms with Crippen molar-refractivity contribution in [2.45, 2.75) is 108 Å². The maximum atomic E-state index is 17.3. The van der Waals surface area contributed by atoms with E-state index in [0.29, 0.717) is 31.7 Å². The number of likely N-dealkylation sites (tertiary alicyclic amines) is 1. The molecule has 1 saturated carbocycles. The molecule has 1 amide bonds. The minimum absolute atomic E-state index is 0.00615. The average molecular weight is 979 g/mol. The number of pyridine rings is 1. The molecule has 69 heavy (non-hydrogen) atoms. The molecule has 5 fully saturated rings. The number of carbonyl (C=O) groups excluding carboxylic acids is 1. The molecule has 15 nitrogen and oxygen atoms in total. The minimum atomic E-state index is -5.17. The molecule has 1 aromatic carbocycles. The van der Waals surface area contributed by atoms with E-state index in [1.165, 1.54) is 6.07 Å². The summed E-state index contributed by atoms with van der Waals surface area (Å²) in [7, 11) is 0. The van der Waals surface area contributed by atoms with E-state index >= 15 is 8.78 Å². The van der Waals surface area contributed by atoms with E-state index in [0.717, 1.165) is 43.2 Å². The number of carbonyl (C=O) groups is 1. The number of piperidine rings is 1. The Hall–Kier alpha value is -6.14. The van der Waals surface area contributed by atoms with Crippen molar-refractivity contribution in [3.8, 4) is 23.1 Å². The van der Waals surface area contributed by atoms with Crippen LogP contribution in [-0.2, 0) is 12.4 Å². The lowest BCUT2D eigenvalue weighted by molar-refractivity contribution is -0.145. The summed E-state index contributed by atoms with van der Waals surface area (Å²) < 4.78 is 158. The molecule has 4 aliphatic heterocycles. The van der Waals surface area contributed by atoms with Gasteiger partial charge in [-0.3, -0.25) is 9.88 Å². The highest BCUT2D eigenvalue weighted by molar-refractivity contribution is 5.93. The molecule has 8 heterocycles. The summed E-state index contributed by atoms with van der Waals surface area (Å²) >= 11 is 0. The van der Waals surface area contributed by atoms with Gasteiger partial charge < -0.3 is 25.0 Å². The summed E-state index contributed by atoms with van der Waals surface area (Å²) in [5, 5.41) is 3.58. The molecule has 0 radical (unpaired) electrons. The van der Waals surface area contributed by atoms with Crippen LogP contribution < -0.4 is 20.1 Å². The number of amides is 1. The number of fused-ring (bicyclic) bond motifs is 2. The monoisotopic (exact) mass is 978 g/mol. The molecule has 2 N–H and O–H groups in total. The summed E-state index contributed by atoms with van der Waals surface area (Å²) in [6, 6.07) is -0.263. The van der Waals surface area contributed by atoms with Gasteiger partial charge in [0, 0.05) is 73.6 Å². The highest BCUT2D eigenvalue weighted by Gasteiger charge is 2.66. The van der Waals surface area contributed by atoms with E-state index in [4.69, 9.17) is 20.2 Å². The van der Waals surface area contributed by atoms with Crippen LogP contribution in [0.3, 0.4) is 0 Å². The van der Waals surface area contributed by atoms with Gasteiger partial charge in [-0.25, -0.2) is 22.9 Å². The summed E-state index contributed by atoms with van der Waals surface area (Å²) in [6.45, 7) is 4.86. The number of hydrogen-bond donors (Lipinski definition) is 1. The topological polar surface area (TPSA) is 166 Å². The van der Waals surface area contributed by atoms with Crippen LogP contribution in [0.1, 0.15) is 75.7 Å². The average Bonchev–Trinajstić information content (AvgIpc) is 3.53. The molecule has 6 atom stereocenters. The third-order valence-electron chi connectivity index (χ3n) is 14.8. The quantitative estimate of drug-likeness (QED) is 0.112. The fourth-order valence-corrected chi connectivity index (χ4v) is 11.4. The van der Waals surface area contributed by atoms with Gasteiger partial charge in [0.15, 0.2) is 5.82 Å². The van der Waals surface area contributed by atoms with E-state index in [1.54, 1.807) is 9.80 Å². The highest BCUT2D eigenvalue weighted by atomic mass is 19.4. The van der Waals surface area contributed by atoms with Crippen LogP contribution in [-0.4, -0.2) is 118 Å². The molecule has 4 saturated heterocycles. The molecule has 1 aliphatic carbocycles. The Balaban J connectivity index is 1.02. The van der Waals surface area contributed by atoms with E-state index in [1.807, 2.05) is 11.8 Å². The van der Waals surface area contributed by atoms with E-state index < -0.39 is 105 Å². The zero-order valence-corrected chi connectivity index (χ0v) is 37.2. The number of nitrogens with two attached hydrogens (primary N) is 1. The third kappa shape index (κ3) is 7.96. The van der Waals surface area contributed by atoms with Gasteiger partial charge in [-0.2, -0.15) is 55.4 Å². The zero-order valence-electron chi connectivity index (χ0n) is 37.2. The van der Waals surface area contributed by atoms with Crippen LogP contribution in [0.25, 0.3) is 22.2 Å². The van der Waals surface area contributed by atoms with Crippen LogP contribution in [0.5, 0.6) is 11.9 Å². The van der Waals surface area contributed by atoms with Gasteiger partial charge in [0.1, 0.15) is 48.6 Å². The predicted molar refractivity (Wildman–Crippen MR) is 224 cm³/mol. The Morgan fingerprint density at radius 3 is 2.41 bits per heavy atom. The van der Waals surface area contributed by atoms with Crippen LogP contribution in [0.15, 0.2) is 30.9 Å². The number of halogens is 10. The second-order valence-electron chi connectivity index (χ2n) is 19.3. The Morgan fingerprint density at radius 2 is 1.71 bits per heavy atom. The van der Waals surface area contributed by atoms with Gasteiger partial charge in [0.2, 0.25) is 11.7 Å². The first-order valence-corrected chi connectivity index (χ1v) is 22.2. The van der Waals surface area contributed by atoms with Crippen molar-refractivity contribution in [2.24, 2.45) is 10.8 Å². The van der Waals surface area contributed by atoms with Crippen LogP contribution in [0, 0.1) is 35.5 Å². The van der Waals surface area contributed by atoms with Crippen molar-refractivity contribution in [1.29, 1.82) is 0 Å². The second-order valence-corrected chi connectivity index (χ2v) is 19.3. The van der Waals surface area contributed by atoms with E-state index in [2.05, 4.69) is 36.9 Å². The zero-order chi connectivity index (χ0) is 49.2. The maximum absolute atomic E-state index is 17.3. The number of nitrogens with zero attached hydrogens (tertiary/aromatic N) is 11. The number of aromatic nitrogens is 8. The van der Waals surface area contributed by atoms with E-state index in [-0.39, 0.29) is 73.9 Å². The molecule has 368 valence electrons. The summed E-state index contributed by atoms with van der Waals surface area (Å²) in [4.78, 5) is 42.6. The van der Waals surface area contributed by atoms with Crippen LogP contribution in [0.2, 0.25) is 0 Å². The van der Waals surface area contributed by atoms with Crippen molar-refractivity contribution in [3.05, 3.63) is 65.5 Å². The molecule has 5 aromatic rings. The maximum Gasteiger partial charge on any atom is 0.451 e. The summed E-state index contributed by atoms with van der Waals surface area (Å²) in [6.07, 6.45) is -5.79. The van der Waals surface area contributed by atoms with Crippen LogP contribution >= 0.6 is 0 Å². The molecular weight excluding hydrogens is 935 g/mol. The van der Waals surface area contributed by atoms with Gasteiger partial charge in [0.05, 0.1) is 22.2 Å². The fraction of sp³-hybridized carbons (Fsp3) is 0.545. The van der Waals surface area contributed by atoms with Crippen molar-refractivity contribution in [1.82, 2.24) is 49.5 Å². The van der Waals surface area contributed by atoms with Gasteiger partial charge in [-0.1, -0.05) is 6.92 Å². The normalized spacial score (nSPS) is 26.7. The number of benzene rings is 1. The molecule has 25 heteroatoms. The summed E-state index contributed by atoms with van der Waals surface area (Å²) in [5.74, 6) is -4.25. The predicted octanol–water partition coefficient (Wildman–Crippen LogP) is 7.95. The van der Waals surface area contributed by atoms with Crippen molar-refractivity contribution in [3.63, 3.8) is 0 Å². The Labute approximate surface area is 386 Å². The molecule has 0 bridgehead atoms. The lowest BCUT2D eigenvalue weighted by Gasteiger charge is -2.63. The van der Waals surface area contributed by atoms with Gasteiger partial charge in [-0.05, 0) is 69.4 Å². The van der Waals surface area contributed by atoms with Gasteiger partial charge in [-0.15, -0.1) is 5.10 Å². The fourth-order valence-electron chi connectivity index (χ4n) is 11.4. The standard InChI is InChI=1S/C44H44F10N12O3/c1-21-4-7-41(18-64(35(41)40(3)9-10-40)39(67)66-20-58-37(48)62-66)17-63(21)34-26-14-57-32(25-12-27(55)30(46)22(2)29(25)43(49,50)51)31(47)33(26)60-38(61-34)69-19-42-8-5-24(65(42)15-23(45)13-42)16-68-28-6-11-56-36(59-28)44(52,53)54/h6,11-12,14,20-21,23-24,35H,4-5,7-10,13,15-19,55H2,1-3H3/t21-,23+,24-,35+,41+,42-/m0/s1.